The van der Waals surface area contributed by atoms with Crippen LogP contribution in [-0.2, 0) is 4.74 Å². The lowest BCUT2D eigenvalue weighted by molar-refractivity contribution is 0.0415. The van der Waals surface area contributed by atoms with Crippen molar-refractivity contribution in [2.24, 2.45) is 5.73 Å². The number of hydrogen-bond acceptors (Lipinski definition) is 7. The number of benzene rings is 2. The summed E-state index contributed by atoms with van der Waals surface area (Å²) in [6.45, 7) is 3.85. The number of aromatic nitrogens is 2. The van der Waals surface area contributed by atoms with E-state index in [4.69, 9.17) is 19.9 Å². The number of allylic oxidation sites excluding steroid dienone is 1. The Morgan fingerprint density at radius 1 is 1.21 bits per heavy atom. The molecule has 0 unspecified atom stereocenters. The van der Waals surface area contributed by atoms with Crippen molar-refractivity contribution in [1.29, 1.82) is 5.26 Å². The number of nitrogens with one attached hydrogen (secondary N) is 1. The number of H-pyrrole nitrogens is 1. The molecular weight excluding hydrogens is 434 g/mol. The molecule has 2 aromatic carbocycles. The molecule has 2 aliphatic rings. The van der Waals surface area contributed by atoms with Crippen molar-refractivity contribution in [3.8, 4) is 29.0 Å². The van der Waals surface area contributed by atoms with E-state index in [9.17, 15) is 10.1 Å². The summed E-state index contributed by atoms with van der Waals surface area (Å²) in [5.74, 6) is -0.0476. The quantitative estimate of drug-likeness (QED) is 0.617. The molecule has 9 heteroatoms. The second-order valence-electron chi connectivity index (χ2n) is 8.11. The average molecular weight is 457 g/mol. The molecule has 1 amide bonds. The molecule has 3 heterocycles. The van der Waals surface area contributed by atoms with Crippen LogP contribution in [0.4, 0.5) is 4.79 Å². The Bertz CT molecular complexity index is 1300. The summed E-state index contributed by atoms with van der Waals surface area (Å²) in [6.07, 6.45) is -0.468. The normalized spacial score (nSPS) is 17.5. The fourth-order valence-corrected chi connectivity index (χ4v) is 4.21. The number of carbonyl (C=O) groups excluding carboxylic acids is 1. The third kappa shape index (κ3) is 3.84. The Morgan fingerprint density at radius 3 is 2.68 bits per heavy atom. The number of morpholine rings is 1. The maximum atomic E-state index is 12.8. The highest BCUT2D eigenvalue weighted by atomic mass is 16.6. The van der Waals surface area contributed by atoms with E-state index in [0.717, 1.165) is 11.1 Å². The summed E-state index contributed by atoms with van der Waals surface area (Å²) in [4.78, 5) is 14.4. The van der Waals surface area contributed by atoms with Gasteiger partial charge in [0.25, 0.3) is 0 Å². The number of nitrogens with zero attached hydrogens (tertiary/aromatic N) is 3. The number of fused-ring (bicyclic) bond motifs is 1. The van der Waals surface area contributed by atoms with Crippen LogP contribution in [0.1, 0.15) is 22.6 Å². The van der Waals surface area contributed by atoms with Crippen molar-refractivity contribution >= 4 is 6.09 Å². The third-order valence-corrected chi connectivity index (χ3v) is 5.98. The first kappa shape index (κ1) is 21.6. The van der Waals surface area contributed by atoms with Crippen molar-refractivity contribution < 1.29 is 19.0 Å². The van der Waals surface area contributed by atoms with Gasteiger partial charge in [-0.25, -0.2) is 4.79 Å². The molecule has 0 aliphatic carbocycles. The molecular formula is C25H23N5O4. The fraction of sp³-hybridized carbons (Fsp3) is 0.240. The van der Waals surface area contributed by atoms with E-state index in [2.05, 4.69) is 16.3 Å². The molecule has 3 N–H and O–H groups in total. The van der Waals surface area contributed by atoms with Gasteiger partial charge in [0, 0.05) is 24.2 Å². The Kier molecular flexibility index (Phi) is 5.65. The fourth-order valence-electron chi connectivity index (χ4n) is 4.21. The predicted octanol–water partition coefficient (Wildman–Crippen LogP) is 3.43. The minimum absolute atomic E-state index is 0.0312. The molecule has 2 aliphatic heterocycles. The first-order chi connectivity index (χ1) is 16.6. The average Bonchev–Trinajstić information content (AvgIpc) is 3.28. The van der Waals surface area contributed by atoms with Crippen LogP contribution in [0.2, 0.25) is 0 Å². The van der Waals surface area contributed by atoms with E-state index >= 15 is 0 Å². The van der Waals surface area contributed by atoms with Gasteiger partial charge in [0.1, 0.15) is 17.4 Å². The lowest BCUT2D eigenvalue weighted by Crippen LogP contribution is -2.42. The van der Waals surface area contributed by atoms with E-state index < -0.39 is 12.0 Å². The number of carbonyl (C=O) groups is 1. The highest BCUT2D eigenvalue weighted by Crippen LogP contribution is 2.47. The monoisotopic (exact) mass is 457 g/mol. The minimum atomic E-state index is -0.641. The van der Waals surface area contributed by atoms with E-state index in [0.29, 0.717) is 48.9 Å². The number of aryl methyl sites for hydroxylation is 1. The summed E-state index contributed by atoms with van der Waals surface area (Å²) in [7, 11) is 0. The van der Waals surface area contributed by atoms with Crippen molar-refractivity contribution in [2.75, 3.05) is 26.3 Å². The van der Waals surface area contributed by atoms with Crippen LogP contribution in [-0.4, -0.2) is 47.5 Å². The Labute approximate surface area is 196 Å². The topological polar surface area (TPSA) is 126 Å². The summed E-state index contributed by atoms with van der Waals surface area (Å²) in [5.41, 5.74) is 10.3. The molecule has 1 atom stereocenters. The first-order valence-electron chi connectivity index (χ1n) is 10.9. The molecule has 34 heavy (non-hydrogen) atoms. The van der Waals surface area contributed by atoms with Crippen molar-refractivity contribution in [3.63, 3.8) is 0 Å². The SMILES string of the molecule is Cc1ccc(-c2[nH]nc3c2[C@H](c2ccccc2OC(=O)N2CCOCC2)C(C#N)=C(N)O3)cc1. The third-order valence-electron chi connectivity index (χ3n) is 5.98. The second kappa shape index (κ2) is 8.92. The maximum Gasteiger partial charge on any atom is 0.415 e. The van der Waals surface area contributed by atoms with Gasteiger partial charge in [0.2, 0.25) is 11.8 Å². The number of hydrogen-bond donors (Lipinski definition) is 2. The molecule has 172 valence electrons. The van der Waals surface area contributed by atoms with Crippen LogP contribution in [0.3, 0.4) is 0 Å². The number of nitrogens with two attached hydrogens (primary N) is 1. The number of amides is 1. The molecule has 1 fully saturated rings. The first-order valence-corrected chi connectivity index (χ1v) is 10.9. The minimum Gasteiger partial charge on any atom is -0.420 e. The van der Waals surface area contributed by atoms with Gasteiger partial charge in [0.15, 0.2) is 0 Å². The largest absolute Gasteiger partial charge is 0.420 e. The van der Waals surface area contributed by atoms with Crippen LogP contribution in [0.5, 0.6) is 11.6 Å². The van der Waals surface area contributed by atoms with Crippen molar-refractivity contribution in [3.05, 3.63) is 76.7 Å². The van der Waals surface area contributed by atoms with E-state index in [1.807, 2.05) is 43.3 Å². The van der Waals surface area contributed by atoms with Crippen LogP contribution in [0.15, 0.2) is 60.0 Å². The number of aromatic amines is 1. The predicted molar refractivity (Wildman–Crippen MR) is 123 cm³/mol. The zero-order chi connectivity index (χ0) is 23.7. The zero-order valence-electron chi connectivity index (χ0n) is 18.6. The van der Waals surface area contributed by atoms with E-state index in [1.165, 1.54) is 0 Å². The molecule has 1 saturated heterocycles. The van der Waals surface area contributed by atoms with Gasteiger partial charge < -0.3 is 24.8 Å². The second-order valence-corrected chi connectivity index (χ2v) is 8.11. The summed E-state index contributed by atoms with van der Waals surface area (Å²) < 4.78 is 16.8. The van der Waals surface area contributed by atoms with Crippen molar-refractivity contribution in [1.82, 2.24) is 15.1 Å². The summed E-state index contributed by atoms with van der Waals surface area (Å²) >= 11 is 0. The summed E-state index contributed by atoms with van der Waals surface area (Å²) in [6, 6.07) is 17.2. The van der Waals surface area contributed by atoms with E-state index in [1.54, 1.807) is 17.0 Å². The zero-order valence-corrected chi connectivity index (χ0v) is 18.6. The smallest absolute Gasteiger partial charge is 0.415 e. The molecule has 5 rings (SSSR count). The standard InChI is InChI=1S/C25H23N5O4/c1-15-6-8-16(9-7-15)22-21-20(18(14-26)23(27)34-24(21)29-28-22)17-4-2-3-5-19(17)33-25(31)30-10-12-32-13-11-30/h2-9,20H,10-13,27H2,1H3,(H,28,29)/t20-/m1/s1. The highest BCUT2D eigenvalue weighted by Gasteiger charge is 2.37. The van der Waals surface area contributed by atoms with Gasteiger partial charge in [-0.1, -0.05) is 48.0 Å². The number of para-hydroxylation sites is 1. The van der Waals surface area contributed by atoms with Crippen LogP contribution >= 0.6 is 0 Å². The molecule has 0 radical (unpaired) electrons. The molecule has 1 aromatic heterocycles. The van der Waals surface area contributed by atoms with Crippen LogP contribution in [0, 0.1) is 18.3 Å². The maximum absolute atomic E-state index is 12.8. The number of nitriles is 1. The Balaban J connectivity index is 1.60. The van der Waals surface area contributed by atoms with Gasteiger partial charge in [-0.2, -0.15) is 5.26 Å². The van der Waals surface area contributed by atoms with Crippen LogP contribution in [0.25, 0.3) is 11.3 Å². The summed E-state index contributed by atoms with van der Waals surface area (Å²) in [5, 5.41) is 17.3. The lowest BCUT2D eigenvalue weighted by Gasteiger charge is -2.28. The van der Waals surface area contributed by atoms with Crippen molar-refractivity contribution in [2.45, 2.75) is 12.8 Å². The van der Waals surface area contributed by atoms with Gasteiger partial charge in [-0.05, 0) is 13.0 Å². The molecule has 0 spiro atoms. The highest BCUT2D eigenvalue weighted by molar-refractivity contribution is 5.74. The number of ether oxygens (including phenoxy) is 3. The molecule has 9 nitrogen and oxygen atoms in total. The van der Waals surface area contributed by atoms with Crippen LogP contribution < -0.4 is 15.2 Å². The van der Waals surface area contributed by atoms with Gasteiger partial charge in [-0.15, -0.1) is 5.10 Å². The van der Waals surface area contributed by atoms with Gasteiger partial charge in [0.05, 0.1) is 30.4 Å². The lowest BCUT2D eigenvalue weighted by atomic mass is 9.82. The van der Waals surface area contributed by atoms with E-state index in [-0.39, 0.29) is 17.3 Å². The Morgan fingerprint density at radius 2 is 1.94 bits per heavy atom. The van der Waals surface area contributed by atoms with Gasteiger partial charge in [-0.3, -0.25) is 5.10 Å². The number of rotatable bonds is 3. The van der Waals surface area contributed by atoms with Gasteiger partial charge >= 0.3 is 6.09 Å². The molecule has 0 bridgehead atoms. The Hall–Kier alpha value is -4.29. The molecule has 3 aromatic rings. The molecule has 0 saturated carbocycles.